The first-order chi connectivity index (χ1) is 33.5. The molecule has 0 saturated carbocycles. The lowest BCUT2D eigenvalue weighted by Gasteiger charge is -2.18. The van der Waals surface area contributed by atoms with E-state index in [1.54, 1.807) is 0 Å². The molecular weight excluding hydrogens is 841 g/mol. The van der Waals surface area contributed by atoms with Crippen molar-refractivity contribution in [3.05, 3.63) is 122 Å². The highest BCUT2D eigenvalue weighted by atomic mass is 16.6. The second-order valence-electron chi connectivity index (χ2n) is 17.7. The van der Waals surface area contributed by atoms with Crippen LogP contribution in [-0.4, -0.2) is 37.2 Å². The number of allylic oxidation sites excluding steroid dienone is 20. The van der Waals surface area contributed by atoms with Crippen LogP contribution in [0.2, 0.25) is 0 Å². The Labute approximate surface area is 418 Å². The Morgan fingerprint density at radius 3 is 0.956 bits per heavy atom. The molecule has 384 valence electrons. The molecule has 0 aliphatic rings. The minimum absolute atomic E-state index is 0.116. The zero-order valence-corrected chi connectivity index (χ0v) is 43.8. The molecule has 0 aromatic carbocycles. The summed E-state index contributed by atoms with van der Waals surface area (Å²) >= 11 is 0. The van der Waals surface area contributed by atoms with Crippen LogP contribution < -0.4 is 0 Å². The van der Waals surface area contributed by atoms with Crippen LogP contribution >= 0.6 is 0 Å². The molecule has 0 bridgehead atoms. The number of carbonyl (C=O) groups is 3. The van der Waals surface area contributed by atoms with Gasteiger partial charge in [0, 0.05) is 19.3 Å². The summed E-state index contributed by atoms with van der Waals surface area (Å²) < 4.78 is 16.8. The van der Waals surface area contributed by atoms with Crippen molar-refractivity contribution in [3.8, 4) is 0 Å². The van der Waals surface area contributed by atoms with Crippen LogP contribution in [0, 0.1) is 0 Å². The van der Waals surface area contributed by atoms with E-state index in [0.29, 0.717) is 19.3 Å². The van der Waals surface area contributed by atoms with Crippen LogP contribution in [0.1, 0.15) is 233 Å². The van der Waals surface area contributed by atoms with E-state index in [1.807, 2.05) is 0 Å². The average Bonchev–Trinajstić information content (AvgIpc) is 3.34. The fourth-order valence-electron chi connectivity index (χ4n) is 7.11. The molecule has 0 radical (unpaired) electrons. The number of rotatable bonds is 48. The Kier molecular flexibility index (Phi) is 52.0. The molecule has 0 aromatic rings. The SMILES string of the molecule is CC/C=C\C/C=C\C/C=C\C/C=C\C/C=C\CCCCCC(=O)OCC(COC(=O)CCCCCCCCC/C=C\C/C=C\CC)OC(=O)CCC/C=C\C/C=C\C/C=C\CCCCCCCC. The van der Waals surface area contributed by atoms with Crippen LogP contribution in [0.4, 0.5) is 0 Å². The lowest BCUT2D eigenvalue weighted by molar-refractivity contribution is -0.167. The summed E-state index contributed by atoms with van der Waals surface area (Å²) in [6.07, 6.45) is 76.2. The highest BCUT2D eigenvalue weighted by Gasteiger charge is 2.19. The standard InChI is InChI=1S/C62H100O6/c1-4-7-10-13-16-19-22-25-28-30-31-33-34-37-40-43-46-49-52-55-61(64)67-58-59(57-66-60(63)54-51-48-45-42-39-36-27-24-21-18-15-12-9-6-3)68-62(65)56-53-50-47-44-41-38-35-32-29-26-23-20-17-14-11-8-5-2/h7,9-10,12,16,18-19,21,25-26,28-29,31,33,35,37-38,40,44,47,59H,4-6,8,11,13-15,17,20,22-24,27,30,32,34,36,39,41-43,45-46,48-58H2,1-3H3/b10-7-,12-9-,19-16-,21-18-,28-25-,29-26-,33-31-,38-35-,40-37-,47-44-. The molecule has 0 amide bonds. The van der Waals surface area contributed by atoms with Gasteiger partial charge in [-0.1, -0.05) is 213 Å². The summed E-state index contributed by atoms with van der Waals surface area (Å²) in [7, 11) is 0. The number of carbonyl (C=O) groups excluding carboxylic acids is 3. The molecule has 0 fully saturated rings. The first kappa shape index (κ1) is 63.8. The summed E-state index contributed by atoms with van der Waals surface area (Å²) in [4.78, 5) is 38.1. The summed E-state index contributed by atoms with van der Waals surface area (Å²) in [6.45, 7) is 6.33. The molecule has 0 heterocycles. The Bertz CT molecular complexity index is 1450. The first-order valence-corrected chi connectivity index (χ1v) is 27.5. The van der Waals surface area contributed by atoms with E-state index in [1.165, 1.54) is 70.6 Å². The summed E-state index contributed by atoms with van der Waals surface area (Å²) in [5.74, 6) is -1.01. The monoisotopic (exact) mass is 941 g/mol. The van der Waals surface area contributed by atoms with Gasteiger partial charge in [-0.15, -0.1) is 0 Å². The molecule has 1 unspecified atom stereocenters. The van der Waals surface area contributed by atoms with Crippen molar-refractivity contribution in [1.82, 2.24) is 0 Å². The van der Waals surface area contributed by atoms with Gasteiger partial charge in [0.05, 0.1) is 0 Å². The van der Waals surface area contributed by atoms with Crippen LogP contribution in [0.5, 0.6) is 0 Å². The van der Waals surface area contributed by atoms with Crippen LogP contribution in [0.15, 0.2) is 122 Å². The van der Waals surface area contributed by atoms with E-state index in [2.05, 4.69) is 142 Å². The lowest BCUT2D eigenvalue weighted by atomic mass is 10.1. The molecule has 0 aromatic heterocycles. The highest BCUT2D eigenvalue weighted by Crippen LogP contribution is 2.13. The predicted molar refractivity (Wildman–Crippen MR) is 293 cm³/mol. The van der Waals surface area contributed by atoms with Gasteiger partial charge < -0.3 is 14.2 Å². The Balaban J connectivity index is 4.55. The predicted octanol–water partition coefficient (Wildman–Crippen LogP) is 18.5. The number of hydrogen-bond donors (Lipinski definition) is 0. The normalized spacial score (nSPS) is 13.0. The van der Waals surface area contributed by atoms with E-state index in [9.17, 15) is 14.4 Å². The Hall–Kier alpha value is -4.19. The third-order valence-corrected chi connectivity index (χ3v) is 11.2. The van der Waals surface area contributed by atoms with Crippen molar-refractivity contribution in [3.63, 3.8) is 0 Å². The van der Waals surface area contributed by atoms with Gasteiger partial charge in [0.1, 0.15) is 13.2 Å². The molecule has 0 aliphatic carbocycles. The number of unbranched alkanes of at least 4 members (excludes halogenated alkanes) is 17. The van der Waals surface area contributed by atoms with Crippen molar-refractivity contribution < 1.29 is 28.6 Å². The largest absolute Gasteiger partial charge is 0.462 e. The second-order valence-corrected chi connectivity index (χ2v) is 17.7. The molecule has 68 heavy (non-hydrogen) atoms. The topological polar surface area (TPSA) is 78.9 Å². The molecule has 1 atom stereocenters. The molecule has 6 nitrogen and oxygen atoms in total. The average molecular weight is 941 g/mol. The summed E-state index contributed by atoms with van der Waals surface area (Å²) in [5.41, 5.74) is 0. The minimum Gasteiger partial charge on any atom is -0.462 e. The van der Waals surface area contributed by atoms with Crippen molar-refractivity contribution in [1.29, 1.82) is 0 Å². The van der Waals surface area contributed by atoms with Crippen molar-refractivity contribution in [2.75, 3.05) is 13.2 Å². The number of esters is 3. The Morgan fingerprint density at radius 2 is 0.588 bits per heavy atom. The van der Waals surface area contributed by atoms with E-state index < -0.39 is 6.10 Å². The van der Waals surface area contributed by atoms with Crippen molar-refractivity contribution in [2.24, 2.45) is 0 Å². The zero-order chi connectivity index (χ0) is 49.3. The van der Waals surface area contributed by atoms with E-state index in [-0.39, 0.29) is 37.5 Å². The van der Waals surface area contributed by atoms with Gasteiger partial charge in [-0.25, -0.2) is 0 Å². The van der Waals surface area contributed by atoms with Gasteiger partial charge in [-0.05, 0) is 122 Å². The molecular formula is C62H100O6. The molecule has 0 spiro atoms. The van der Waals surface area contributed by atoms with Crippen molar-refractivity contribution >= 4 is 17.9 Å². The van der Waals surface area contributed by atoms with E-state index in [4.69, 9.17) is 14.2 Å². The van der Waals surface area contributed by atoms with Gasteiger partial charge in [0.15, 0.2) is 6.10 Å². The maximum absolute atomic E-state index is 12.8. The van der Waals surface area contributed by atoms with Crippen LogP contribution in [0.3, 0.4) is 0 Å². The van der Waals surface area contributed by atoms with Crippen LogP contribution in [-0.2, 0) is 28.6 Å². The van der Waals surface area contributed by atoms with E-state index in [0.717, 1.165) is 116 Å². The van der Waals surface area contributed by atoms with Gasteiger partial charge in [-0.3, -0.25) is 14.4 Å². The summed E-state index contributed by atoms with van der Waals surface area (Å²) in [5, 5.41) is 0. The Morgan fingerprint density at radius 1 is 0.309 bits per heavy atom. The first-order valence-electron chi connectivity index (χ1n) is 27.5. The quantitative estimate of drug-likeness (QED) is 0.0262. The minimum atomic E-state index is -0.825. The smallest absolute Gasteiger partial charge is 0.306 e. The highest BCUT2D eigenvalue weighted by molar-refractivity contribution is 5.71. The summed E-state index contributed by atoms with van der Waals surface area (Å²) in [6, 6.07) is 0. The lowest BCUT2D eigenvalue weighted by Crippen LogP contribution is -2.30. The van der Waals surface area contributed by atoms with Gasteiger partial charge >= 0.3 is 17.9 Å². The van der Waals surface area contributed by atoms with E-state index >= 15 is 0 Å². The number of ether oxygens (including phenoxy) is 3. The third-order valence-electron chi connectivity index (χ3n) is 11.2. The zero-order valence-electron chi connectivity index (χ0n) is 43.8. The third kappa shape index (κ3) is 52.8. The van der Waals surface area contributed by atoms with Crippen LogP contribution in [0.25, 0.3) is 0 Å². The molecule has 0 aliphatic heterocycles. The number of hydrogen-bond acceptors (Lipinski definition) is 6. The maximum atomic E-state index is 12.8. The van der Waals surface area contributed by atoms with Crippen molar-refractivity contribution in [2.45, 2.75) is 239 Å². The van der Waals surface area contributed by atoms with Gasteiger partial charge in [0.25, 0.3) is 0 Å². The second kappa shape index (κ2) is 55.4. The molecule has 6 heteroatoms. The fraction of sp³-hybridized carbons (Fsp3) is 0.629. The maximum Gasteiger partial charge on any atom is 0.306 e. The molecule has 0 rings (SSSR count). The molecule has 0 saturated heterocycles. The molecule has 0 N–H and O–H groups in total. The van der Waals surface area contributed by atoms with Gasteiger partial charge in [-0.2, -0.15) is 0 Å². The van der Waals surface area contributed by atoms with Gasteiger partial charge in [0.2, 0.25) is 0 Å². The fourth-order valence-corrected chi connectivity index (χ4v) is 7.11.